The molecule has 7 nitrogen and oxygen atoms in total. The molecule has 0 aliphatic rings. The number of hydrogen-bond acceptors (Lipinski definition) is 6. The van der Waals surface area contributed by atoms with Crippen molar-refractivity contribution in [2.24, 2.45) is 0 Å². The zero-order valence-corrected chi connectivity index (χ0v) is 40.7. The van der Waals surface area contributed by atoms with Crippen LogP contribution in [-0.2, 0) is 40.0 Å². The van der Waals surface area contributed by atoms with Gasteiger partial charge in [-0.05, 0) is 71.3 Å². The standard InChI is InChI=1S/C57H57N3O4Si2/c1-56(2,3)65(48-25-11-7-12-26-48,49-27-13-8-14-28-49)63-41-45-23-19-21-43(35-45)39-60-53-34-33-47(38-58)59-52(53)37-54(60)55(61)62-40-44-22-20-24-46(36-44)42-64-66(57(4,5)6,50-29-15-9-16-30-50)51-31-17-10-18-32-51/h7-37H,39-42H2,1-6H3. The fourth-order valence-corrected chi connectivity index (χ4v) is 18.6. The number of nitriles is 1. The lowest BCUT2D eigenvalue weighted by Crippen LogP contribution is -2.66. The van der Waals surface area contributed by atoms with Gasteiger partial charge in [0.25, 0.3) is 16.6 Å². The molecule has 2 aromatic heterocycles. The first-order valence-corrected chi connectivity index (χ1v) is 26.4. The maximum absolute atomic E-state index is 14.2. The van der Waals surface area contributed by atoms with Gasteiger partial charge >= 0.3 is 5.97 Å². The van der Waals surface area contributed by atoms with Crippen molar-refractivity contribution in [3.63, 3.8) is 0 Å². The van der Waals surface area contributed by atoms with Crippen molar-refractivity contribution in [1.29, 1.82) is 5.26 Å². The molecule has 66 heavy (non-hydrogen) atoms. The Bertz CT molecular complexity index is 2880. The van der Waals surface area contributed by atoms with Gasteiger partial charge in [0.2, 0.25) is 0 Å². The molecule has 0 amide bonds. The number of esters is 1. The number of carbonyl (C=O) groups excluding carboxylic acids is 1. The largest absolute Gasteiger partial charge is 0.456 e. The zero-order chi connectivity index (χ0) is 46.4. The van der Waals surface area contributed by atoms with E-state index >= 15 is 0 Å². The van der Waals surface area contributed by atoms with E-state index in [1.165, 1.54) is 20.7 Å². The van der Waals surface area contributed by atoms with Gasteiger partial charge in [-0.25, -0.2) is 9.78 Å². The zero-order valence-electron chi connectivity index (χ0n) is 38.7. The minimum absolute atomic E-state index is 0.0688. The first kappa shape index (κ1) is 45.9. The number of nitrogens with zero attached hydrogens (tertiary/aromatic N) is 3. The van der Waals surface area contributed by atoms with Gasteiger partial charge in [-0.15, -0.1) is 0 Å². The second kappa shape index (κ2) is 19.4. The Morgan fingerprint density at radius 3 is 1.36 bits per heavy atom. The van der Waals surface area contributed by atoms with E-state index in [4.69, 9.17) is 13.6 Å². The van der Waals surface area contributed by atoms with E-state index in [1.54, 1.807) is 12.1 Å². The van der Waals surface area contributed by atoms with Gasteiger partial charge in [0.15, 0.2) is 0 Å². The summed E-state index contributed by atoms with van der Waals surface area (Å²) >= 11 is 0. The molecule has 0 unspecified atom stereocenters. The molecule has 8 rings (SSSR count). The number of fused-ring (bicyclic) bond motifs is 1. The van der Waals surface area contributed by atoms with Crippen LogP contribution in [0.4, 0.5) is 0 Å². The highest BCUT2D eigenvalue weighted by Crippen LogP contribution is 2.39. The number of rotatable bonds is 15. The van der Waals surface area contributed by atoms with E-state index in [2.05, 4.69) is 192 Å². The van der Waals surface area contributed by atoms with Crippen molar-refractivity contribution >= 4 is 54.4 Å². The quantitative estimate of drug-likeness (QED) is 0.0753. The normalized spacial score (nSPS) is 12.2. The van der Waals surface area contributed by atoms with Crippen molar-refractivity contribution in [2.75, 3.05) is 0 Å². The SMILES string of the molecule is CC(C)(C)[Si](OCc1cccc(COC(=O)c2cc3nc(C#N)ccc3n2Cc2cccc(CO[Si](c3ccccc3)(c3ccccc3)C(C)(C)C)c2)c1)(c1ccccc1)c1ccccc1. The summed E-state index contributed by atoms with van der Waals surface area (Å²) in [6.45, 7) is 14.9. The molecule has 0 saturated heterocycles. The van der Waals surface area contributed by atoms with Gasteiger partial charge in [-0.1, -0.05) is 211 Å². The summed E-state index contributed by atoms with van der Waals surface area (Å²) in [4.78, 5) is 18.8. The predicted molar refractivity (Wildman–Crippen MR) is 270 cm³/mol. The molecule has 0 bridgehead atoms. The van der Waals surface area contributed by atoms with Crippen molar-refractivity contribution in [2.45, 2.75) is 78.0 Å². The monoisotopic (exact) mass is 903 g/mol. The molecular weight excluding hydrogens is 847 g/mol. The summed E-state index contributed by atoms with van der Waals surface area (Å²) < 4.78 is 22.5. The number of hydrogen-bond donors (Lipinski definition) is 0. The van der Waals surface area contributed by atoms with E-state index < -0.39 is 22.6 Å². The molecule has 9 heteroatoms. The van der Waals surface area contributed by atoms with Gasteiger partial charge < -0.3 is 18.2 Å². The molecule has 0 atom stereocenters. The van der Waals surface area contributed by atoms with Crippen molar-refractivity contribution < 1.29 is 18.4 Å². The predicted octanol–water partition coefficient (Wildman–Crippen LogP) is 10.5. The van der Waals surface area contributed by atoms with Crippen LogP contribution in [0.5, 0.6) is 0 Å². The molecule has 6 aromatic carbocycles. The number of aromatic nitrogens is 2. The van der Waals surface area contributed by atoms with E-state index in [9.17, 15) is 10.1 Å². The van der Waals surface area contributed by atoms with E-state index in [0.717, 1.165) is 27.8 Å². The second-order valence-corrected chi connectivity index (χ2v) is 27.6. The number of carbonyl (C=O) groups is 1. The molecule has 332 valence electrons. The molecule has 0 aliphatic carbocycles. The Morgan fingerprint density at radius 1 is 0.530 bits per heavy atom. The average Bonchev–Trinajstić information content (AvgIpc) is 3.69. The van der Waals surface area contributed by atoms with E-state index in [1.807, 2.05) is 41.0 Å². The third kappa shape index (κ3) is 9.37. The van der Waals surface area contributed by atoms with Gasteiger partial charge in [-0.3, -0.25) is 0 Å². The van der Waals surface area contributed by atoms with E-state index in [-0.39, 0.29) is 22.4 Å². The topological polar surface area (TPSA) is 86.4 Å². The Morgan fingerprint density at radius 2 is 0.939 bits per heavy atom. The Labute approximate surface area is 391 Å². The Hall–Kier alpha value is -6.68. The minimum Gasteiger partial charge on any atom is -0.456 e. The Kier molecular flexibility index (Phi) is 13.5. The van der Waals surface area contributed by atoms with Crippen molar-refractivity contribution in [3.05, 3.63) is 222 Å². The van der Waals surface area contributed by atoms with Gasteiger partial charge in [0, 0.05) is 6.54 Å². The van der Waals surface area contributed by atoms with Crippen molar-refractivity contribution in [1.82, 2.24) is 9.55 Å². The number of ether oxygens (including phenoxy) is 1. The lowest BCUT2D eigenvalue weighted by atomic mass is 10.1. The molecule has 0 N–H and O–H groups in total. The first-order chi connectivity index (χ1) is 31.8. The highest BCUT2D eigenvalue weighted by Gasteiger charge is 2.51. The summed E-state index contributed by atoms with van der Waals surface area (Å²) in [5.41, 5.74) is 5.79. The van der Waals surface area contributed by atoms with Crippen LogP contribution in [0, 0.1) is 11.3 Å². The van der Waals surface area contributed by atoms with Gasteiger partial charge in [0.05, 0.1) is 24.2 Å². The molecule has 0 fully saturated rings. The smallest absolute Gasteiger partial charge is 0.355 e. The molecule has 0 spiro atoms. The van der Waals surface area contributed by atoms with Gasteiger partial charge in [-0.2, -0.15) is 5.26 Å². The Balaban J connectivity index is 1.03. The molecule has 0 aliphatic heterocycles. The minimum atomic E-state index is -2.78. The highest BCUT2D eigenvalue weighted by atomic mass is 28.4. The molecule has 0 radical (unpaired) electrons. The molecule has 2 heterocycles. The molecule has 8 aromatic rings. The highest BCUT2D eigenvalue weighted by molar-refractivity contribution is 7.00. The van der Waals surface area contributed by atoms with Crippen LogP contribution in [0.1, 0.15) is 80.0 Å². The average molecular weight is 904 g/mol. The van der Waals surface area contributed by atoms with E-state index in [0.29, 0.717) is 31.0 Å². The van der Waals surface area contributed by atoms with Crippen molar-refractivity contribution in [3.8, 4) is 6.07 Å². The summed E-state index contributed by atoms with van der Waals surface area (Å²) in [5.74, 6) is -0.480. The van der Waals surface area contributed by atoms with Gasteiger partial charge in [0.1, 0.15) is 24.1 Å². The van der Waals surface area contributed by atoms with Crippen LogP contribution in [0.2, 0.25) is 10.1 Å². The molecular formula is C57H57N3O4Si2. The van der Waals surface area contributed by atoms with Crippen LogP contribution >= 0.6 is 0 Å². The number of benzene rings is 6. The fraction of sp³-hybridized carbons (Fsp3) is 0.211. The van der Waals surface area contributed by atoms with Crippen LogP contribution in [0.25, 0.3) is 11.0 Å². The lowest BCUT2D eigenvalue weighted by molar-refractivity contribution is 0.0461. The summed E-state index contributed by atoms with van der Waals surface area (Å²) in [7, 11) is -5.54. The fourth-order valence-electron chi connectivity index (χ4n) is 9.48. The van der Waals surface area contributed by atoms with Crippen LogP contribution in [0.3, 0.4) is 0 Å². The lowest BCUT2D eigenvalue weighted by Gasteiger charge is -2.43. The summed E-state index contributed by atoms with van der Waals surface area (Å²) in [6.07, 6.45) is 0. The van der Waals surface area contributed by atoms with Crippen LogP contribution in [0.15, 0.2) is 188 Å². The summed E-state index contributed by atoms with van der Waals surface area (Å²) in [5, 5.41) is 14.3. The number of pyridine rings is 1. The second-order valence-electron chi connectivity index (χ2n) is 18.9. The van der Waals surface area contributed by atoms with Crippen LogP contribution < -0.4 is 20.7 Å². The third-order valence-electron chi connectivity index (χ3n) is 12.5. The first-order valence-electron chi connectivity index (χ1n) is 22.6. The summed E-state index contributed by atoms with van der Waals surface area (Å²) in [6, 6.07) is 66.3. The van der Waals surface area contributed by atoms with Crippen LogP contribution in [-0.4, -0.2) is 32.2 Å². The maximum atomic E-state index is 14.2. The maximum Gasteiger partial charge on any atom is 0.355 e. The third-order valence-corrected chi connectivity index (χ3v) is 22.5. The molecule has 0 saturated carbocycles.